The Morgan fingerprint density at radius 2 is 1.89 bits per heavy atom. The maximum atomic E-state index is 11.0. The molecule has 0 aromatic carbocycles. The molecule has 12 nitrogen and oxygen atoms in total. The molecular weight excluding hydrogens is 510 g/mol. The summed E-state index contributed by atoms with van der Waals surface area (Å²) < 4.78 is 37.2. The highest BCUT2D eigenvalue weighted by Gasteiger charge is 2.54. The van der Waals surface area contributed by atoms with Crippen LogP contribution in [0, 0.1) is 0 Å². The minimum Gasteiger partial charge on any atom is -0.461 e. The molecule has 0 aliphatic carbocycles. The zero-order valence-corrected chi connectivity index (χ0v) is 24.4. The van der Waals surface area contributed by atoms with Crippen molar-refractivity contribution in [3.05, 3.63) is 24.3 Å². The Kier molecular flexibility index (Phi) is 8.55. The molecule has 5 atom stereocenters. The van der Waals surface area contributed by atoms with Crippen molar-refractivity contribution in [2.24, 2.45) is 0 Å². The summed E-state index contributed by atoms with van der Waals surface area (Å²) in [6.45, 7) is 14.7. The first-order chi connectivity index (χ1) is 17.9. The van der Waals surface area contributed by atoms with Gasteiger partial charge >= 0.3 is 5.97 Å². The number of esters is 1. The van der Waals surface area contributed by atoms with E-state index in [9.17, 15) is 4.79 Å². The lowest BCUT2D eigenvalue weighted by Crippen LogP contribution is -2.44. The SMILES string of the molecule is COC1O[C@@H]2[C@H](O1)[C@@H](CO[Si](C)(C)C(C)(C)C)O[C@H]2n1cnc2c(NC/C=C(\C)COC(C)=O)ncnc21. The number of ether oxygens (including phenoxy) is 5. The van der Waals surface area contributed by atoms with Crippen LogP contribution in [-0.4, -0.2) is 85.5 Å². The minimum atomic E-state index is -2.00. The fraction of sp³-hybridized carbons (Fsp3) is 0.680. The number of nitrogens with zero attached hydrogens (tertiary/aromatic N) is 4. The van der Waals surface area contributed by atoms with Crippen LogP contribution in [0.1, 0.15) is 40.8 Å². The molecule has 2 aromatic heterocycles. The van der Waals surface area contributed by atoms with E-state index in [1.54, 1.807) is 13.4 Å². The number of nitrogens with one attached hydrogen (secondary N) is 1. The highest BCUT2D eigenvalue weighted by atomic mass is 28.4. The zero-order chi connectivity index (χ0) is 27.7. The molecule has 4 heterocycles. The van der Waals surface area contributed by atoms with Crippen molar-refractivity contribution < 1.29 is 32.9 Å². The van der Waals surface area contributed by atoms with Gasteiger partial charge in [-0.3, -0.25) is 9.36 Å². The first-order valence-corrected chi connectivity index (χ1v) is 15.7. The van der Waals surface area contributed by atoms with Crippen molar-refractivity contribution >= 4 is 31.3 Å². The first-order valence-electron chi connectivity index (χ1n) is 12.7. The third kappa shape index (κ3) is 6.08. The molecule has 38 heavy (non-hydrogen) atoms. The molecule has 2 saturated heterocycles. The molecule has 1 unspecified atom stereocenters. The van der Waals surface area contributed by atoms with Crippen LogP contribution in [0.2, 0.25) is 18.1 Å². The van der Waals surface area contributed by atoms with Crippen LogP contribution in [0.4, 0.5) is 5.82 Å². The molecule has 0 radical (unpaired) electrons. The molecule has 4 rings (SSSR count). The van der Waals surface area contributed by atoms with Crippen molar-refractivity contribution in [2.75, 3.05) is 32.2 Å². The van der Waals surface area contributed by atoms with E-state index >= 15 is 0 Å². The molecule has 210 valence electrons. The van der Waals surface area contributed by atoms with Crippen LogP contribution in [0.3, 0.4) is 0 Å². The van der Waals surface area contributed by atoms with Gasteiger partial charge in [-0.2, -0.15) is 0 Å². The van der Waals surface area contributed by atoms with Crippen molar-refractivity contribution in [3.63, 3.8) is 0 Å². The molecule has 2 fully saturated rings. The summed E-state index contributed by atoms with van der Waals surface area (Å²) >= 11 is 0. The number of imidazole rings is 1. The van der Waals surface area contributed by atoms with Gasteiger partial charge in [0.05, 0.1) is 12.9 Å². The summed E-state index contributed by atoms with van der Waals surface area (Å²) in [7, 11) is -0.454. The van der Waals surface area contributed by atoms with Gasteiger partial charge < -0.3 is 33.4 Å². The Bertz CT molecular complexity index is 1160. The molecule has 2 aromatic rings. The Hall–Kier alpha value is -2.42. The van der Waals surface area contributed by atoms with Gasteiger partial charge in [-0.05, 0) is 30.6 Å². The van der Waals surface area contributed by atoms with E-state index in [1.165, 1.54) is 13.3 Å². The predicted octanol–water partition coefficient (Wildman–Crippen LogP) is 3.38. The van der Waals surface area contributed by atoms with E-state index in [4.69, 9.17) is 28.1 Å². The van der Waals surface area contributed by atoms with E-state index in [0.717, 1.165) is 5.57 Å². The van der Waals surface area contributed by atoms with E-state index in [2.05, 4.69) is 54.1 Å². The van der Waals surface area contributed by atoms with Crippen LogP contribution in [-0.2, 0) is 32.9 Å². The number of anilines is 1. The van der Waals surface area contributed by atoms with Gasteiger partial charge in [-0.25, -0.2) is 15.0 Å². The summed E-state index contributed by atoms with van der Waals surface area (Å²) in [4.78, 5) is 24.4. The number of carbonyl (C=O) groups is 1. The number of fused-ring (bicyclic) bond motifs is 2. The highest BCUT2D eigenvalue weighted by Crippen LogP contribution is 2.42. The number of hydrogen-bond acceptors (Lipinski definition) is 11. The predicted molar refractivity (Wildman–Crippen MR) is 142 cm³/mol. The molecular formula is C25H39N5O7Si. The number of hydrogen-bond donors (Lipinski definition) is 1. The Morgan fingerprint density at radius 1 is 1.16 bits per heavy atom. The van der Waals surface area contributed by atoms with Gasteiger partial charge in [-0.15, -0.1) is 0 Å². The molecule has 0 amide bonds. The van der Waals surface area contributed by atoms with Crippen LogP contribution in [0.25, 0.3) is 11.2 Å². The summed E-state index contributed by atoms with van der Waals surface area (Å²) in [5.74, 6) is 0.267. The van der Waals surface area contributed by atoms with E-state index < -0.39 is 27.1 Å². The molecule has 2 aliphatic rings. The van der Waals surface area contributed by atoms with Gasteiger partial charge in [0.2, 0.25) is 0 Å². The standard InChI is InChI=1S/C25H39N5O7Si/c1-15(11-33-16(2)31)9-10-26-21-18-22(28-13-27-21)30(14-29-18)23-20-19(36-24(32-6)37-20)17(35-23)12-34-38(7,8)25(3,4)5/h9,13-14,17,19-20,23-24H,10-12H2,1-8H3,(H,26,27,28)/b15-9+/t17-,19-,20-,23-,24?/m1/s1. The molecule has 0 bridgehead atoms. The summed E-state index contributed by atoms with van der Waals surface area (Å²) in [5.41, 5.74) is 2.12. The minimum absolute atomic E-state index is 0.0710. The maximum absolute atomic E-state index is 11.0. The van der Waals surface area contributed by atoms with Crippen LogP contribution >= 0.6 is 0 Å². The average Bonchev–Trinajstić information content (AvgIpc) is 3.54. The second kappa shape index (κ2) is 11.4. The molecule has 0 saturated carbocycles. The van der Waals surface area contributed by atoms with Crippen molar-refractivity contribution in [1.82, 2.24) is 19.5 Å². The van der Waals surface area contributed by atoms with Gasteiger partial charge in [0, 0.05) is 20.6 Å². The fourth-order valence-corrected chi connectivity index (χ4v) is 5.06. The molecule has 2 aliphatic heterocycles. The number of aromatic nitrogens is 4. The summed E-state index contributed by atoms with van der Waals surface area (Å²) in [6, 6.07) is 0. The lowest BCUT2D eigenvalue weighted by atomic mass is 10.1. The first kappa shape index (κ1) is 28.6. The summed E-state index contributed by atoms with van der Waals surface area (Å²) in [6.07, 6.45) is 3.41. The molecule has 0 spiro atoms. The molecule has 13 heteroatoms. The van der Waals surface area contributed by atoms with Crippen molar-refractivity contribution in [2.45, 2.75) is 83.8 Å². The highest BCUT2D eigenvalue weighted by molar-refractivity contribution is 6.74. The maximum Gasteiger partial charge on any atom is 0.302 e. The Labute approximate surface area is 224 Å². The third-order valence-electron chi connectivity index (χ3n) is 7.29. The Morgan fingerprint density at radius 3 is 2.58 bits per heavy atom. The van der Waals surface area contributed by atoms with Gasteiger partial charge in [-0.1, -0.05) is 26.8 Å². The van der Waals surface area contributed by atoms with Crippen LogP contribution in [0.5, 0.6) is 0 Å². The quantitative estimate of drug-likeness (QED) is 0.266. The van der Waals surface area contributed by atoms with E-state index in [1.807, 2.05) is 17.6 Å². The van der Waals surface area contributed by atoms with E-state index in [-0.39, 0.29) is 29.8 Å². The third-order valence-corrected chi connectivity index (χ3v) is 11.8. The van der Waals surface area contributed by atoms with Gasteiger partial charge in [0.15, 0.2) is 31.5 Å². The molecule has 1 N–H and O–H groups in total. The lowest BCUT2D eigenvalue weighted by Gasteiger charge is -2.37. The second-order valence-electron chi connectivity index (χ2n) is 11.1. The Balaban J connectivity index is 1.51. The number of rotatable bonds is 10. The second-order valence-corrected chi connectivity index (χ2v) is 15.9. The largest absolute Gasteiger partial charge is 0.461 e. The van der Waals surface area contributed by atoms with Gasteiger partial charge in [0.25, 0.3) is 6.48 Å². The van der Waals surface area contributed by atoms with Crippen LogP contribution < -0.4 is 5.32 Å². The lowest BCUT2D eigenvalue weighted by molar-refractivity contribution is -0.256. The van der Waals surface area contributed by atoms with Crippen LogP contribution in [0.15, 0.2) is 24.3 Å². The number of methoxy groups -OCH3 is 1. The number of carbonyl (C=O) groups excluding carboxylic acids is 1. The smallest absolute Gasteiger partial charge is 0.302 e. The summed E-state index contributed by atoms with van der Waals surface area (Å²) in [5, 5.41) is 3.33. The average molecular weight is 550 g/mol. The van der Waals surface area contributed by atoms with Gasteiger partial charge in [0.1, 0.15) is 31.2 Å². The zero-order valence-electron chi connectivity index (χ0n) is 23.4. The topological polar surface area (TPSA) is 128 Å². The van der Waals surface area contributed by atoms with Crippen molar-refractivity contribution in [3.8, 4) is 0 Å². The monoisotopic (exact) mass is 549 g/mol. The van der Waals surface area contributed by atoms with E-state index in [0.29, 0.717) is 30.1 Å². The fourth-order valence-electron chi connectivity index (χ4n) is 4.05. The van der Waals surface area contributed by atoms with Crippen molar-refractivity contribution in [1.29, 1.82) is 0 Å². The normalized spacial score (nSPS) is 26.1.